The number of allylic oxidation sites excluding steroid dienone is 4. The Hall–Kier alpha value is -1.19. The fraction of sp³-hybridized carbons (Fsp3) is 0.792. The molecule has 4 heteroatoms. The fourth-order valence-corrected chi connectivity index (χ4v) is 4.92. The first-order chi connectivity index (χ1) is 13.5. The van der Waals surface area contributed by atoms with E-state index < -0.39 is 24.2 Å². The van der Waals surface area contributed by atoms with Crippen molar-refractivity contribution in [3.05, 3.63) is 23.8 Å². The molecule has 0 aliphatic heterocycles. The van der Waals surface area contributed by atoms with Crippen molar-refractivity contribution in [2.24, 2.45) is 17.3 Å². The highest BCUT2D eigenvalue weighted by molar-refractivity contribution is 5.74. The molecule has 2 aliphatic rings. The van der Waals surface area contributed by atoms with E-state index in [4.69, 9.17) is 0 Å². The lowest BCUT2D eigenvalue weighted by atomic mass is 9.65. The van der Waals surface area contributed by atoms with Crippen molar-refractivity contribution in [2.45, 2.75) is 103 Å². The van der Waals surface area contributed by atoms with Crippen LogP contribution in [0.2, 0.25) is 0 Å². The highest BCUT2D eigenvalue weighted by Gasteiger charge is 2.44. The van der Waals surface area contributed by atoms with Gasteiger partial charge in [0.25, 0.3) is 0 Å². The van der Waals surface area contributed by atoms with Gasteiger partial charge < -0.3 is 5.11 Å². The van der Waals surface area contributed by atoms with Crippen molar-refractivity contribution in [1.29, 1.82) is 0 Å². The van der Waals surface area contributed by atoms with Crippen molar-refractivity contribution >= 4 is 5.97 Å². The minimum absolute atomic E-state index is 0.385. The van der Waals surface area contributed by atoms with Gasteiger partial charge in [-0.05, 0) is 56.8 Å². The second-order valence-electron chi connectivity index (χ2n) is 8.93. The zero-order chi connectivity index (χ0) is 20.4. The van der Waals surface area contributed by atoms with E-state index in [9.17, 15) is 18.7 Å². The zero-order valence-electron chi connectivity index (χ0n) is 17.5. The molecular formula is C24H38F2O2. The largest absolute Gasteiger partial charge is 0.481 e. The number of hydrogen-bond acceptors (Lipinski definition) is 1. The molecular weight excluding hydrogens is 358 g/mol. The van der Waals surface area contributed by atoms with Gasteiger partial charge in [-0.15, -0.1) is 0 Å². The number of carboxylic acids is 1. The number of carbonyl (C=O) groups is 1. The maximum absolute atomic E-state index is 12.8. The molecule has 1 unspecified atom stereocenters. The van der Waals surface area contributed by atoms with Gasteiger partial charge in [0.1, 0.15) is 0 Å². The van der Waals surface area contributed by atoms with E-state index in [-0.39, 0.29) is 0 Å². The maximum Gasteiger partial charge on any atom is 0.309 e. The zero-order valence-corrected chi connectivity index (χ0v) is 17.5. The van der Waals surface area contributed by atoms with Gasteiger partial charge in [0.15, 0.2) is 0 Å². The number of aliphatic carboxylic acids is 1. The smallest absolute Gasteiger partial charge is 0.309 e. The summed E-state index contributed by atoms with van der Waals surface area (Å²) < 4.78 is 25.7. The third-order valence-corrected chi connectivity index (χ3v) is 6.87. The van der Waals surface area contributed by atoms with Crippen LogP contribution < -0.4 is 0 Å². The first kappa shape index (κ1) is 23.1. The predicted octanol–water partition coefficient (Wildman–Crippen LogP) is 7.55. The van der Waals surface area contributed by atoms with Gasteiger partial charge in [0.2, 0.25) is 6.43 Å². The average molecular weight is 397 g/mol. The van der Waals surface area contributed by atoms with Crippen molar-refractivity contribution in [3.8, 4) is 0 Å². The number of carboxylic acid groups (broad SMARTS) is 1. The van der Waals surface area contributed by atoms with Gasteiger partial charge in [-0.25, -0.2) is 8.78 Å². The van der Waals surface area contributed by atoms with E-state index in [2.05, 4.69) is 25.2 Å². The van der Waals surface area contributed by atoms with E-state index in [1.54, 1.807) is 0 Å². The Morgan fingerprint density at radius 3 is 2.32 bits per heavy atom. The lowest BCUT2D eigenvalue weighted by Gasteiger charge is -2.39. The first-order valence-corrected chi connectivity index (χ1v) is 11.4. The van der Waals surface area contributed by atoms with Crippen molar-refractivity contribution in [3.63, 3.8) is 0 Å². The van der Waals surface area contributed by atoms with E-state index in [0.29, 0.717) is 24.7 Å². The molecule has 1 atom stereocenters. The third kappa shape index (κ3) is 7.00. The van der Waals surface area contributed by atoms with E-state index in [1.165, 1.54) is 50.5 Å². The standard InChI is InChI=1S/C24H38F2O2/c1-2-3-4-5-6-7-8-9-19-10-12-20(13-11-19)21-14-16-24(17-15-21,23(27)28)18-22(25)26/h10-12,20-22H,2-9,13-18H2,1H3,(H,27,28). The molecule has 0 aromatic rings. The lowest BCUT2D eigenvalue weighted by Crippen LogP contribution is -2.38. The number of alkyl halides is 2. The Kier molecular flexibility index (Phi) is 9.67. The number of rotatable bonds is 12. The molecule has 0 aromatic carbocycles. The molecule has 0 bridgehead atoms. The molecule has 0 heterocycles. The topological polar surface area (TPSA) is 37.3 Å². The van der Waals surface area contributed by atoms with Crippen LogP contribution in [0, 0.1) is 17.3 Å². The first-order valence-electron chi connectivity index (χ1n) is 11.4. The Bertz CT molecular complexity index is 531. The Morgan fingerprint density at radius 2 is 1.79 bits per heavy atom. The average Bonchev–Trinajstić information content (AvgIpc) is 2.68. The molecule has 1 N–H and O–H groups in total. The van der Waals surface area contributed by atoms with Crippen molar-refractivity contribution < 1.29 is 18.7 Å². The normalized spacial score (nSPS) is 27.8. The van der Waals surface area contributed by atoms with Crippen LogP contribution in [0.4, 0.5) is 8.78 Å². The molecule has 0 amide bonds. The van der Waals surface area contributed by atoms with Crippen LogP contribution in [-0.2, 0) is 4.79 Å². The molecule has 0 aromatic heterocycles. The predicted molar refractivity (Wildman–Crippen MR) is 111 cm³/mol. The summed E-state index contributed by atoms with van der Waals surface area (Å²) >= 11 is 0. The second-order valence-corrected chi connectivity index (χ2v) is 8.93. The minimum Gasteiger partial charge on any atom is -0.481 e. The summed E-state index contributed by atoms with van der Waals surface area (Å²) in [5, 5.41) is 9.48. The van der Waals surface area contributed by atoms with Crippen LogP contribution in [0.3, 0.4) is 0 Å². The Labute approximate surface area is 169 Å². The van der Waals surface area contributed by atoms with Gasteiger partial charge in [0, 0.05) is 6.42 Å². The molecule has 1 saturated carbocycles. The van der Waals surface area contributed by atoms with E-state index in [1.807, 2.05) is 0 Å². The van der Waals surface area contributed by atoms with Crippen LogP contribution in [0.1, 0.15) is 96.8 Å². The lowest BCUT2D eigenvalue weighted by molar-refractivity contribution is -0.155. The SMILES string of the molecule is CCCCCCCCCC1=CCC(C2CCC(CC(F)F)(C(=O)O)CC2)C=C1. The van der Waals surface area contributed by atoms with Gasteiger partial charge in [-0.1, -0.05) is 69.2 Å². The molecule has 2 rings (SSSR count). The van der Waals surface area contributed by atoms with Crippen molar-refractivity contribution in [2.75, 3.05) is 0 Å². The highest BCUT2D eigenvalue weighted by atomic mass is 19.3. The maximum atomic E-state index is 12.8. The van der Waals surface area contributed by atoms with E-state index >= 15 is 0 Å². The molecule has 160 valence electrons. The molecule has 28 heavy (non-hydrogen) atoms. The summed E-state index contributed by atoms with van der Waals surface area (Å²) in [6.45, 7) is 2.24. The Balaban J connectivity index is 1.69. The summed E-state index contributed by atoms with van der Waals surface area (Å²) in [7, 11) is 0. The second kappa shape index (κ2) is 11.7. The quantitative estimate of drug-likeness (QED) is 0.346. The van der Waals surface area contributed by atoms with Crippen LogP contribution >= 0.6 is 0 Å². The fourth-order valence-electron chi connectivity index (χ4n) is 4.92. The summed E-state index contributed by atoms with van der Waals surface area (Å²) in [4.78, 5) is 11.6. The Morgan fingerprint density at radius 1 is 1.14 bits per heavy atom. The molecule has 0 spiro atoms. The molecule has 1 fully saturated rings. The number of hydrogen-bond donors (Lipinski definition) is 1. The van der Waals surface area contributed by atoms with Crippen LogP contribution in [0.5, 0.6) is 0 Å². The van der Waals surface area contributed by atoms with Crippen molar-refractivity contribution in [1.82, 2.24) is 0 Å². The van der Waals surface area contributed by atoms with Gasteiger partial charge in [-0.2, -0.15) is 0 Å². The number of unbranched alkanes of at least 4 members (excludes halogenated alkanes) is 6. The molecule has 0 radical (unpaired) electrons. The summed E-state index contributed by atoms with van der Waals surface area (Å²) in [6.07, 6.45) is 17.5. The molecule has 2 aliphatic carbocycles. The minimum atomic E-state index is -2.54. The van der Waals surface area contributed by atoms with Gasteiger partial charge in [0.05, 0.1) is 5.41 Å². The van der Waals surface area contributed by atoms with Crippen LogP contribution in [0.25, 0.3) is 0 Å². The number of halogens is 2. The molecule has 2 nitrogen and oxygen atoms in total. The summed E-state index contributed by atoms with van der Waals surface area (Å²) in [5.74, 6) is -0.170. The van der Waals surface area contributed by atoms with E-state index in [0.717, 1.165) is 25.7 Å². The highest BCUT2D eigenvalue weighted by Crippen LogP contribution is 2.46. The monoisotopic (exact) mass is 396 g/mol. The third-order valence-electron chi connectivity index (χ3n) is 6.87. The van der Waals surface area contributed by atoms with Crippen LogP contribution in [0.15, 0.2) is 23.8 Å². The summed E-state index contributed by atoms with van der Waals surface area (Å²) in [6, 6.07) is 0. The molecule has 0 saturated heterocycles. The van der Waals surface area contributed by atoms with Gasteiger partial charge >= 0.3 is 5.97 Å². The van der Waals surface area contributed by atoms with Gasteiger partial charge in [-0.3, -0.25) is 4.79 Å². The summed E-state index contributed by atoms with van der Waals surface area (Å²) in [5.41, 5.74) is 0.222. The van der Waals surface area contributed by atoms with Crippen LogP contribution in [-0.4, -0.2) is 17.5 Å².